The monoisotopic (exact) mass is 567 g/mol. The van der Waals surface area contributed by atoms with Crippen LogP contribution >= 0.6 is 0 Å². The molecule has 4 aromatic rings. The predicted molar refractivity (Wildman–Crippen MR) is 160 cm³/mol. The first kappa shape index (κ1) is 27.5. The van der Waals surface area contributed by atoms with Crippen LogP contribution in [0, 0.1) is 0 Å². The van der Waals surface area contributed by atoms with E-state index >= 15 is 0 Å². The van der Waals surface area contributed by atoms with Crippen molar-refractivity contribution in [1.29, 1.82) is 0 Å². The number of benzene rings is 3. The molecule has 2 aliphatic rings. The second-order valence-corrected chi connectivity index (χ2v) is 10.7. The van der Waals surface area contributed by atoms with E-state index in [4.69, 9.17) is 9.47 Å². The fourth-order valence-corrected chi connectivity index (χ4v) is 5.87. The molecule has 2 N–H and O–H groups in total. The largest absolute Gasteiger partial charge is 0.497 e. The van der Waals surface area contributed by atoms with E-state index in [-0.39, 0.29) is 23.3 Å². The van der Waals surface area contributed by atoms with E-state index in [2.05, 4.69) is 43.3 Å². The maximum Gasteiger partial charge on any atom is 0.262 e. The van der Waals surface area contributed by atoms with E-state index in [1.807, 2.05) is 30.3 Å². The Labute approximate surface area is 243 Å². The van der Waals surface area contributed by atoms with E-state index in [1.54, 1.807) is 19.2 Å². The Morgan fingerprint density at radius 3 is 2.40 bits per heavy atom. The average molecular weight is 568 g/mol. The van der Waals surface area contributed by atoms with Gasteiger partial charge in [-0.05, 0) is 41.8 Å². The zero-order valence-electron chi connectivity index (χ0n) is 23.7. The molecule has 10 nitrogen and oxygen atoms in total. The van der Waals surface area contributed by atoms with Gasteiger partial charge in [-0.25, -0.2) is 4.98 Å². The molecule has 0 bridgehead atoms. The lowest BCUT2D eigenvalue weighted by Crippen LogP contribution is -2.46. The van der Waals surface area contributed by atoms with Gasteiger partial charge >= 0.3 is 0 Å². The molecule has 3 aromatic carbocycles. The summed E-state index contributed by atoms with van der Waals surface area (Å²) in [7, 11) is 3.08. The molecule has 1 aromatic heterocycles. The highest BCUT2D eigenvalue weighted by Crippen LogP contribution is 2.31. The molecule has 6 rings (SSSR count). The lowest BCUT2D eigenvalue weighted by Gasteiger charge is -2.36. The highest BCUT2D eigenvalue weighted by molar-refractivity contribution is 6.01. The number of carbonyl (C=O) groups excluding carboxylic acids is 2. The Bertz CT molecular complexity index is 1690. The number of nitrogens with one attached hydrogen (secondary N) is 2. The van der Waals surface area contributed by atoms with Crippen LogP contribution in [-0.4, -0.2) is 67.1 Å². The molecular formula is C32H33N5O5. The van der Waals surface area contributed by atoms with E-state index in [1.165, 1.54) is 7.11 Å². The van der Waals surface area contributed by atoms with Gasteiger partial charge in [-0.15, -0.1) is 0 Å². The van der Waals surface area contributed by atoms with Crippen molar-refractivity contribution >= 4 is 28.4 Å². The van der Waals surface area contributed by atoms with Gasteiger partial charge in [0.05, 0.1) is 25.7 Å². The first-order chi connectivity index (χ1) is 20.4. The second-order valence-electron chi connectivity index (χ2n) is 10.7. The summed E-state index contributed by atoms with van der Waals surface area (Å²) in [5.41, 5.74) is 4.30. The second kappa shape index (κ2) is 11.7. The van der Waals surface area contributed by atoms with Gasteiger partial charge in [0.1, 0.15) is 22.7 Å². The number of aromatic nitrogens is 2. The maximum atomic E-state index is 12.9. The first-order valence-corrected chi connectivity index (χ1v) is 14.1. The number of ether oxygens (including phenoxy) is 2. The van der Waals surface area contributed by atoms with E-state index in [9.17, 15) is 14.4 Å². The number of hydrogen-bond donors (Lipinski definition) is 2. The average Bonchev–Trinajstić information content (AvgIpc) is 3.01. The number of piperazine rings is 1. The summed E-state index contributed by atoms with van der Waals surface area (Å²) in [4.78, 5) is 49.4. The van der Waals surface area contributed by atoms with Gasteiger partial charge in [-0.1, -0.05) is 24.3 Å². The summed E-state index contributed by atoms with van der Waals surface area (Å²) in [6.45, 7) is 4.26. The summed E-state index contributed by atoms with van der Waals surface area (Å²) in [6, 6.07) is 19.5. The molecule has 216 valence electrons. The van der Waals surface area contributed by atoms with Crippen LogP contribution in [0.4, 0.5) is 5.69 Å². The van der Waals surface area contributed by atoms with Crippen LogP contribution in [-0.2, 0) is 16.1 Å². The molecule has 0 radical (unpaired) electrons. The third kappa shape index (κ3) is 5.45. The zero-order valence-corrected chi connectivity index (χ0v) is 23.7. The van der Waals surface area contributed by atoms with Gasteiger partial charge in [0, 0.05) is 62.5 Å². The third-order valence-corrected chi connectivity index (χ3v) is 8.14. The van der Waals surface area contributed by atoms with Gasteiger partial charge in [-0.2, -0.15) is 0 Å². The summed E-state index contributed by atoms with van der Waals surface area (Å²) in [6.07, 6.45) is 0.926. The Morgan fingerprint density at radius 2 is 1.69 bits per heavy atom. The first-order valence-electron chi connectivity index (χ1n) is 14.1. The predicted octanol–water partition coefficient (Wildman–Crippen LogP) is 3.45. The SMILES string of the molecule is COc1cc(OC)c2c(=O)[nH]c(-c3ccc(N4CCN(Cc5ccccc5C5CCC(=O)NC5=O)CC4)cc3)nc2c1. The standard InChI is InChI=1S/C32H33N5O5/c1-41-23-17-26-29(27(18-23)42-2)32(40)35-30(33-26)20-7-9-22(10-8-20)37-15-13-36(14-16-37)19-21-5-3-4-6-24(21)25-11-12-28(38)34-31(25)39/h3-10,17-18,25H,11-16,19H2,1-2H3,(H,33,35,40)(H,34,38,39). The Morgan fingerprint density at radius 1 is 0.929 bits per heavy atom. The number of imide groups is 1. The summed E-state index contributed by atoms with van der Waals surface area (Å²) in [5.74, 6) is 0.787. The van der Waals surface area contributed by atoms with Crippen molar-refractivity contribution in [3.05, 3.63) is 82.1 Å². The number of aromatic amines is 1. The smallest absolute Gasteiger partial charge is 0.262 e. The van der Waals surface area contributed by atoms with Crippen LogP contribution in [0.5, 0.6) is 11.5 Å². The van der Waals surface area contributed by atoms with E-state index < -0.39 is 0 Å². The molecule has 1 unspecified atom stereocenters. The van der Waals surface area contributed by atoms with Gasteiger partial charge in [0.25, 0.3) is 5.56 Å². The van der Waals surface area contributed by atoms with Gasteiger partial charge in [-0.3, -0.25) is 24.6 Å². The minimum absolute atomic E-state index is 0.193. The Kier molecular flexibility index (Phi) is 7.62. The maximum absolute atomic E-state index is 12.9. The number of methoxy groups -OCH3 is 2. The molecule has 3 heterocycles. The minimum Gasteiger partial charge on any atom is -0.497 e. The molecule has 1 atom stereocenters. The van der Waals surface area contributed by atoms with Crippen LogP contribution in [0.15, 0.2) is 65.5 Å². The molecule has 0 saturated carbocycles. The molecule has 10 heteroatoms. The summed E-state index contributed by atoms with van der Waals surface area (Å²) >= 11 is 0. The fraction of sp³-hybridized carbons (Fsp3) is 0.312. The van der Waals surface area contributed by atoms with Crippen molar-refractivity contribution in [2.24, 2.45) is 0 Å². The molecule has 2 fully saturated rings. The number of H-pyrrole nitrogens is 1. The molecule has 0 aliphatic carbocycles. The van der Waals surface area contributed by atoms with Gasteiger partial charge in [0.15, 0.2) is 0 Å². The molecule has 2 aliphatic heterocycles. The van der Waals surface area contributed by atoms with Crippen molar-refractivity contribution < 1.29 is 19.1 Å². The van der Waals surface area contributed by atoms with Crippen LogP contribution in [0.3, 0.4) is 0 Å². The van der Waals surface area contributed by atoms with Crippen molar-refractivity contribution in [1.82, 2.24) is 20.2 Å². The molecular weight excluding hydrogens is 534 g/mol. The Hall–Kier alpha value is -4.70. The molecule has 0 spiro atoms. The number of fused-ring (bicyclic) bond motifs is 1. The number of carbonyl (C=O) groups is 2. The summed E-state index contributed by atoms with van der Waals surface area (Å²) < 4.78 is 10.7. The normalized spacial score (nSPS) is 17.8. The lowest BCUT2D eigenvalue weighted by atomic mass is 9.87. The van der Waals surface area contributed by atoms with Crippen molar-refractivity contribution in [3.63, 3.8) is 0 Å². The Balaban J connectivity index is 1.13. The minimum atomic E-state index is -0.283. The summed E-state index contributed by atoms with van der Waals surface area (Å²) in [5, 5.41) is 2.87. The topological polar surface area (TPSA) is 117 Å². The van der Waals surface area contributed by atoms with Crippen LogP contribution in [0.25, 0.3) is 22.3 Å². The van der Waals surface area contributed by atoms with Crippen LogP contribution in [0.2, 0.25) is 0 Å². The van der Waals surface area contributed by atoms with Crippen molar-refractivity contribution in [2.75, 3.05) is 45.3 Å². The van der Waals surface area contributed by atoms with Gasteiger partial charge < -0.3 is 19.4 Å². The van der Waals surface area contributed by atoms with Crippen LogP contribution < -0.4 is 25.2 Å². The number of hydrogen-bond acceptors (Lipinski definition) is 8. The lowest BCUT2D eigenvalue weighted by molar-refractivity contribution is -0.134. The number of rotatable bonds is 7. The van der Waals surface area contributed by atoms with Gasteiger partial charge in [0.2, 0.25) is 11.8 Å². The molecule has 42 heavy (non-hydrogen) atoms. The van der Waals surface area contributed by atoms with Crippen LogP contribution in [0.1, 0.15) is 29.9 Å². The van der Waals surface area contributed by atoms with Crippen molar-refractivity contribution in [3.8, 4) is 22.9 Å². The highest BCUT2D eigenvalue weighted by atomic mass is 16.5. The van der Waals surface area contributed by atoms with Crippen molar-refractivity contribution in [2.45, 2.75) is 25.3 Å². The third-order valence-electron chi connectivity index (χ3n) is 8.14. The van der Waals surface area contributed by atoms with E-state index in [0.29, 0.717) is 41.1 Å². The number of nitrogens with zero attached hydrogens (tertiary/aromatic N) is 3. The molecule has 2 amide bonds. The number of amides is 2. The zero-order chi connectivity index (χ0) is 29.2. The molecule has 2 saturated heterocycles. The number of anilines is 1. The fourth-order valence-electron chi connectivity index (χ4n) is 5.87. The van der Waals surface area contributed by atoms with E-state index in [0.717, 1.165) is 55.1 Å². The highest BCUT2D eigenvalue weighted by Gasteiger charge is 2.30. The quantitative estimate of drug-likeness (QED) is 0.326. The number of piperidine rings is 1.